The van der Waals surface area contributed by atoms with Gasteiger partial charge in [0.2, 0.25) is 5.91 Å². The third-order valence-electron chi connectivity index (χ3n) is 4.83. The first-order valence-corrected chi connectivity index (χ1v) is 9.56. The zero-order valence-corrected chi connectivity index (χ0v) is 16.0. The number of carbonyl (C=O) groups is 2. The van der Waals surface area contributed by atoms with Crippen molar-refractivity contribution in [3.8, 4) is 0 Å². The van der Waals surface area contributed by atoms with Gasteiger partial charge < -0.3 is 15.5 Å². The minimum atomic E-state index is -0.118. The van der Waals surface area contributed by atoms with Gasteiger partial charge in [-0.25, -0.2) is 0 Å². The average molecular weight is 365 g/mol. The van der Waals surface area contributed by atoms with Crippen LogP contribution in [0.5, 0.6) is 0 Å². The normalized spacial score (nSPS) is 13.7. The predicted molar refractivity (Wildman–Crippen MR) is 109 cm³/mol. The highest BCUT2D eigenvalue weighted by Crippen LogP contribution is 2.23. The van der Waals surface area contributed by atoms with Crippen LogP contribution >= 0.6 is 0 Å². The second-order valence-corrected chi connectivity index (χ2v) is 7.22. The van der Waals surface area contributed by atoms with Gasteiger partial charge in [0.25, 0.3) is 5.91 Å². The number of benzene rings is 2. The Bertz CT molecular complexity index is 793. The van der Waals surface area contributed by atoms with Gasteiger partial charge in [-0.05, 0) is 54.7 Å². The van der Waals surface area contributed by atoms with Crippen molar-refractivity contribution >= 4 is 23.2 Å². The van der Waals surface area contributed by atoms with E-state index >= 15 is 0 Å². The Morgan fingerprint density at radius 3 is 2.33 bits per heavy atom. The Morgan fingerprint density at radius 2 is 1.67 bits per heavy atom. The summed E-state index contributed by atoms with van der Waals surface area (Å²) < 4.78 is 0. The highest BCUT2D eigenvalue weighted by molar-refractivity contribution is 5.96. The quantitative estimate of drug-likeness (QED) is 0.810. The fourth-order valence-electron chi connectivity index (χ4n) is 3.34. The molecule has 1 aliphatic heterocycles. The number of likely N-dealkylation sites (tertiary alicyclic amines) is 1. The molecule has 1 fully saturated rings. The maximum Gasteiger partial charge on any atom is 0.253 e. The molecule has 1 aliphatic rings. The number of hydrogen-bond donors (Lipinski definition) is 2. The molecule has 2 aromatic carbocycles. The fraction of sp³-hybridized carbons (Fsp3) is 0.364. The van der Waals surface area contributed by atoms with Gasteiger partial charge in [-0.15, -0.1) is 0 Å². The van der Waals surface area contributed by atoms with Gasteiger partial charge >= 0.3 is 0 Å². The third kappa shape index (κ3) is 4.88. The number of nitrogens with one attached hydrogen (secondary N) is 2. The summed E-state index contributed by atoms with van der Waals surface area (Å²) >= 11 is 0. The number of anilines is 2. The summed E-state index contributed by atoms with van der Waals surface area (Å²) in [7, 11) is 0. The third-order valence-corrected chi connectivity index (χ3v) is 4.83. The van der Waals surface area contributed by atoms with Crippen molar-refractivity contribution in [3.05, 3.63) is 59.7 Å². The molecule has 0 radical (unpaired) electrons. The van der Waals surface area contributed by atoms with E-state index in [-0.39, 0.29) is 18.4 Å². The summed E-state index contributed by atoms with van der Waals surface area (Å²) in [6.45, 7) is 6.12. The number of hydrogen-bond acceptors (Lipinski definition) is 3. The summed E-state index contributed by atoms with van der Waals surface area (Å²) in [5.41, 5.74) is 3.53. The van der Waals surface area contributed by atoms with Crippen LogP contribution in [-0.2, 0) is 4.79 Å². The molecule has 0 aromatic heterocycles. The maximum absolute atomic E-state index is 12.4. The maximum atomic E-state index is 12.4. The molecule has 1 heterocycles. The fourth-order valence-corrected chi connectivity index (χ4v) is 3.34. The van der Waals surface area contributed by atoms with Gasteiger partial charge in [0.1, 0.15) is 0 Å². The molecule has 0 unspecified atom stereocenters. The minimum absolute atomic E-state index is 0.0670. The smallest absolute Gasteiger partial charge is 0.253 e. The molecule has 5 nitrogen and oxygen atoms in total. The van der Waals surface area contributed by atoms with Crippen molar-refractivity contribution in [1.29, 1.82) is 0 Å². The highest BCUT2D eigenvalue weighted by atomic mass is 16.2. The van der Waals surface area contributed by atoms with Crippen molar-refractivity contribution in [2.75, 3.05) is 30.3 Å². The zero-order valence-electron chi connectivity index (χ0n) is 16.0. The first-order chi connectivity index (χ1) is 13.0. The molecule has 27 heavy (non-hydrogen) atoms. The summed E-state index contributed by atoms with van der Waals surface area (Å²) in [4.78, 5) is 26.5. The Balaban J connectivity index is 1.54. The number of carbonyl (C=O) groups excluding carboxylic acids is 2. The average Bonchev–Trinajstić information content (AvgIpc) is 3.21. The molecule has 1 saturated heterocycles. The first kappa shape index (κ1) is 19.0. The Kier molecular flexibility index (Phi) is 6.12. The van der Waals surface area contributed by atoms with Crippen LogP contribution in [0.1, 0.15) is 48.5 Å². The number of rotatable bonds is 6. The molecule has 2 aromatic rings. The minimum Gasteiger partial charge on any atom is -0.376 e. The van der Waals surface area contributed by atoms with Gasteiger partial charge in [0, 0.05) is 30.0 Å². The van der Waals surface area contributed by atoms with Gasteiger partial charge in [-0.1, -0.05) is 32.0 Å². The summed E-state index contributed by atoms with van der Waals surface area (Å²) in [5, 5.41) is 6.08. The van der Waals surface area contributed by atoms with Crippen LogP contribution < -0.4 is 10.6 Å². The van der Waals surface area contributed by atoms with Crippen molar-refractivity contribution in [3.63, 3.8) is 0 Å². The van der Waals surface area contributed by atoms with Crippen LogP contribution in [0.2, 0.25) is 0 Å². The van der Waals surface area contributed by atoms with Gasteiger partial charge in [-0.2, -0.15) is 0 Å². The molecule has 0 aliphatic carbocycles. The lowest BCUT2D eigenvalue weighted by atomic mass is 10.0. The van der Waals surface area contributed by atoms with E-state index in [0.717, 1.165) is 31.6 Å². The standard InChI is InChI=1S/C22H27N3O2/c1-16(2)19-7-3-4-8-20(19)23-15-21(26)24-18-11-9-17(10-12-18)22(27)25-13-5-6-14-25/h3-4,7-12,16,23H,5-6,13-15H2,1-2H3,(H,24,26). The molecule has 142 valence electrons. The van der Waals surface area contributed by atoms with Crippen LogP contribution in [0.15, 0.2) is 48.5 Å². The molecule has 0 atom stereocenters. The van der Waals surface area contributed by atoms with Gasteiger partial charge in [0.15, 0.2) is 0 Å². The van der Waals surface area contributed by atoms with Crippen LogP contribution in [0.3, 0.4) is 0 Å². The monoisotopic (exact) mass is 365 g/mol. The largest absolute Gasteiger partial charge is 0.376 e. The molecule has 5 heteroatoms. The molecule has 0 bridgehead atoms. The van der Waals surface area contributed by atoms with Crippen molar-refractivity contribution in [2.45, 2.75) is 32.6 Å². The van der Waals surface area contributed by atoms with Crippen LogP contribution in [0.4, 0.5) is 11.4 Å². The lowest BCUT2D eigenvalue weighted by Gasteiger charge is -2.16. The van der Waals surface area contributed by atoms with Crippen molar-refractivity contribution in [1.82, 2.24) is 4.90 Å². The van der Waals surface area contributed by atoms with E-state index in [0.29, 0.717) is 17.2 Å². The van der Waals surface area contributed by atoms with Crippen molar-refractivity contribution in [2.24, 2.45) is 0 Å². The topological polar surface area (TPSA) is 61.4 Å². The first-order valence-electron chi connectivity index (χ1n) is 9.56. The molecule has 0 spiro atoms. The van der Waals surface area contributed by atoms with E-state index in [2.05, 4.69) is 30.5 Å². The molecule has 2 N–H and O–H groups in total. The summed E-state index contributed by atoms with van der Waals surface area (Å²) in [5.74, 6) is 0.335. The van der Waals surface area contributed by atoms with Gasteiger partial charge in [0.05, 0.1) is 6.54 Å². The SMILES string of the molecule is CC(C)c1ccccc1NCC(=O)Nc1ccc(C(=O)N2CCCC2)cc1. The second-order valence-electron chi connectivity index (χ2n) is 7.22. The summed E-state index contributed by atoms with van der Waals surface area (Å²) in [6, 6.07) is 15.1. The number of nitrogens with zero attached hydrogens (tertiary/aromatic N) is 1. The summed E-state index contributed by atoms with van der Waals surface area (Å²) in [6.07, 6.45) is 2.15. The van der Waals surface area contributed by atoms with E-state index in [4.69, 9.17) is 0 Å². The molecule has 2 amide bonds. The van der Waals surface area contributed by atoms with E-state index in [9.17, 15) is 9.59 Å². The lowest BCUT2D eigenvalue weighted by molar-refractivity contribution is -0.114. The van der Waals surface area contributed by atoms with Crippen LogP contribution in [-0.4, -0.2) is 36.3 Å². The second kappa shape index (κ2) is 8.71. The lowest BCUT2D eigenvalue weighted by Crippen LogP contribution is -2.27. The molecule has 3 rings (SSSR count). The van der Waals surface area contributed by atoms with Crippen LogP contribution in [0.25, 0.3) is 0 Å². The Hall–Kier alpha value is -2.82. The molecule has 0 saturated carbocycles. The van der Waals surface area contributed by atoms with E-state index in [1.807, 2.05) is 23.1 Å². The zero-order chi connectivity index (χ0) is 19.2. The van der Waals surface area contributed by atoms with E-state index < -0.39 is 0 Å². The number of amides is 2. The van der Waals surface area contributed by atoms with Gasteiger partial charge in [-0.3, -0.25) is 9.59 Å². The highest BCUT2D eigenvalue weighted by Gasteiger charge is 2.19. The Labute approximate surface area is 160 Å². The van der Waals surface area contributed by atoms with E-state index in [1.54, 1.807) is 24.3 Å². The molecular formula is C22H27N3O2. The molecular weight excluding hydrogens is 338 g/mol. The van der Waals surface area contributed by atoms with Crippen LogP contribution in [0, 0.1) is 0 Å². The number of para-hydroxylation sites is 1. The Morgan fingerprint density at radius 1 is 1.00 bits per heavy atom. The van der Waals surface area contributed by atoms with Crippen molar-refractivity contribution < 1.29 is 9.59 Å². The van der Waals surface area contributed by atoms with E-state index in [1.165, 1.54) is 5.56 Å². The predicted octanol–water partition coefficient (Wildman–Crippen LogP) is 4.10.